The van der Waals surface area contributed by atoms with Crippen molar-refractivity contribution in [2.24, 2.45) is 0 Å². The number of anilines is 1. The van der Waals surface area contributed by atoms with Crippen LogP contribution in [0.3, 0.4) is 0 Å². The van der Waals surface area contributed by atoms with Crippen molar-refractivity contribution in [2.45, 2.75) is 44.9 Å². The fourth-order valence-electron chi connectivity index (χ4n) is 3.03. The van der Waals surface area contributed by atoms with Crippen molar-refractivity contribution in [1.29, 1.82) is 0 Å². The van der Waals surface area contributed by atoms with E-state index in [1.54, 1.807) is 18.4 Å². The van der Waals surface area contributed by atoms with Crippen LogP contribution < -0.4 is 10.1 Å². The number of nitrogens with one attached hydrogen (secondary N) is 1. The number of aryl methyl sites for hydroxylation is 2. The van der Waals surface area contributed by atoms with E-state index in [-0.39, 0.29) is 17.9 Å². The molecule has 11 heteroatoms. The molecule has 3 aromatic rings. The van der Waals surface area contributed by atoms with Gasteiger partial charge in [-0.3, -0.25) is 4.79 Å². The molecule has 166 valence electrons. The number of ether oxygens (including phenoxy) is 1. The second-order valence-corrected chi connectivity index (χ2v) is 7.63. The minimum atomic E-state index is -4.53. The highest BCUT2D eigenvalue weighted by molar-refractivity contribution is 7.98. The first-order valence-corrected chi connectivity index (χ1v) is 10.8. The van der Waals surface area contributed by atoms with E-state index in [0.29, 0.717) is 40.9 Å². The van der Waals surface area contributed by atoms with E-state index >= 15 is 0 Å². The summed E-state index contributed by atoms with van der Waals surface area (Å²) < 4.78 is 46.5. The molecule has 1 amide bonds. The first kappa shape index (κ1) is 22.9. The Balaban J connectivity index is 1.89. The summed E-state index contributed by atoms with van der Waals surface area (Å²) in [5, 5.41) is 7.45. The standard InChI is InChI=1S/C20H22F3N5O2S/c1-5-8-30-16-7-6-13(20(21,22)23)9-15(16)25-17(29)10-14-11(2)24-18-26-19(31-4)27-28(18)12(14)3/h6-7,9H,5,8,10H2,1-4H3,(H,25,29). The number of carbonyl (C=O) groups is 1. The summed E-state index contributed by atoms with van der Waals surface area (Å²) in [6.07, 6.45) is -2.10. The lowest BCUT2D eigenvalue weighted by atomic mass is 10.1. The van der Waals surface area contributed by atoms with Crippen molar-refractivity contribution < 1.29 is 22.7 Å². The van der Waals surface area contributed by atoms with Gasteiger partial charge in [0.05, 0.1) is 24.3 Å². The molecular formula is C20H22F3N5O2S. The zero-order valence-electron chi connectivity index (χ0n) is 17.5. The van der Waals surface area contributed by atoms with Crippen molar-refractivity contribution in [3.63, 3.8) is 0 Å². The lowest BCUT2D eigenvalue weighted by Crippen LogP contribution is -2.19. The molecule has 1 aromatic carbocycles. The van der Waals surface area contributed by atoms with Gasteiger partial charge in [-0.15, -0.1) is 5.10 Å². The number of rotatable bonds is 7. The highest BCUT2D eigenvalue weighted by Crippen LogP contribution is 2.35. The SMILES string of the molecule is CCCOc1ccc(C(F)(F)F)cc1NC(=O)Cc1c(C)nc2nc(SC)nn2c1C. The van der Waals surface area contributed by atoms with Crippen LogP contribution in [0.5, 0.6) is 5.75 Å². The predicted octanol–water partition coefficient (Wildman–Crippen LogP) is 4.45. The van der Waals surface area contributed by atoms with E-state index in [1.165, 1.54) is 17.8 Å². The number of amides is 1. The Morgan fingerprint density at radius 3 is 2.65 bits per heavy atom. The third-order valence-corrected chi connectivity index (χ3v) is 5.13. The van der Waals surface area contributed by atoms with Gasteiger partial charge in [-0.1, -0.05) is 18.7 Å². The van der Waals surface area contributed by atoms with Crippen molar-refractivity contribution >= 4 is 29.1 Å². The largest absolute Gasteiger partial charge is 0.491 e. The minimum Gasteiger partial charge on any atom is -0.491 e. The molecule has 1 N–H and O–H groups in total. The molecule has 0 aliphatic carbocycles. The smallest absolute Gasteiger partial charge is 0.416 e. The normalized spacial score (nSPS) is 11.7. The third-order valence-electron chi connectivity index (χ3n) is 4.59. The predicted molar refractivity (Wildman–Crippen MR) is 112 cm³/mol. The topological polar surface area (TPSA) is 81.4 Å². The van der Waals surface area contributed by atoms with E-state index in [4.69, 9.17) is 4.74 Å². The van der Waals surface area contributed by atoms with E-state index in [2.05, 4.69) is 20.4 Å². The van der Waals surface area contributed by atoms with Gasteiger partial charge in [0.2, 0.25) is 11.1 Å². The van der Waals surface area contributed by atoms with E-state index < -0.39 is 17.6 Å². The van der Waals surface area contributed by atoms with Gasteiger partial charge in [0, 0.05) is 17.0 Å². The molecule has 0 aliphatic rings. The molecule has 0 bridgehead atoms. The van der Waals surface area contributed by atoms with E-state index in [0.717, 1.165) is 12.1 Å². The Morgan fingerprint density at radius 1 is 1.26 bits per heavy atom. The van der Waals surface area contributed by atoms with E-state index in [9.17, 15) is 18.0 Å². The number of carbonyl (C=O) groups excluding carboxylic acids is 1. The molecule has 0 fully saturated rings. The molecule has 3 rings (SSSR count). The number of hydrogen-bond donors (Lipinski definition) is 1. The highest BCUT2D eigenvalue weighted by Gasteiger charge is 2.31. The number of hydrogen-bond acceptors (Lipinski definition) is 6. The Bertz CT molecular complexity index is 1110. The maximum atomic E-state index is 13.1. The number of fused-ring (bicyclic) bond motifs is 1. The number of thioether (sulfide) groups is 1. The Morgan fingerprint density at radius 2 is 2.00 bits per heavy atom. The molecule has 0 spiro atoms. The summed E-state index contributed by atoms with van der Waals surface area (Å²) in [5.41, 5.74) is 1.03. The average molecular weight is 453 g/mol. The summed E-state index contributed by atoms with van der Waals surface area (Å²) in [6, 6.07) is 3.03. The third kappa shape index (κ3) is 5.09. The average Bonchev–Trinajstić information content (AvgIpc) is 3.12. The molecule has 0 saturated carbocycles. The summed E-state index contributed by atoms with van der Waals surface area (Å²) in [4.78, 5) is 21.4. The lowest BCUT2D eigenvalue weighted by Gasteiger charge is -2.16. The fraction of sp³-hybridized carbons (Fsp3) is 0.400. The first-order chi connectivity index (χ1) is 14.6. The summed E-state index contributed by atoms with van der Waals surface area (Å²) in [6.45, 7) is 5.74. The van der Waals surface area contributed by atoms with Crippen LogP contribution in [-0.2, 0) is 17.4 Å². The quantitative estimate of drug-likeness (QED) is 0.533. The fourth-order valence-corrected chi connectivity index (χ4v) is 3.37. The van der Waals surface area contributed by atoms with Crippen LogP contribution in [0.15, 0.2) is 23.4 Å². The molecule has 0 aliphatic heterocycles. The second kappa shape index (κ2) is 9.13. The molecule has 2 heterocycles. The zero-order valence-corrected chi connectivity index (χ0v) is 18.3. The Labute approximate surface area is 181 Å². The van der Waals surface area contributed by atoms with Gasteiger partial charge in [0.25, 0.3) is 5.78 Å². The van der Waals surface area contributed by atoms with Gasteiger partial charge in [0.15, 0.2) is 0 Å². The summed E-state index contributed by atoms with van der Waals surface area (Å²) in [7, 11) is 0. The van der Waals surface area contributed by atoms with Crippen LogP contribution in [-0.4, -0.2) is 38.4 Å². The van der Waals surface area contributed by atoms with Gasteiger partial charge in [-0.2, -0.15) is 18.2 Å². The molecule has 0 radical (unpaired) electrons. The number of aromatic nitrogens is 4. The van der Waals surface area contributed by atoms with Crippen LogP contribution in [0, 0.1) is 13.8 Å². The first-order valence-electron chi connectivity index (χ1n) is 9.54. The second-order valence-electron chi connectivity index (χ2n) is 6.85. The van der Waals surface area contributed by atoms with Crippen LogP contribution in [0.1, 0.15) is 35.9 Å². The van der Waals surface area contributed by atoms with Crippen LogP contribution >= 0.6 is 11.8 Å². The summed E-state index contributed by atoms with van der Waals surface area (Å²) in [5.74, 6) is 0.126. The number of nitrogens with zero attached hydrogens (tertiary/aromatic N) is 4. The van der Waals surface area contributed by atoms with Crippen molar-refractivity contribution in [1.82, 2.24) is 19.6 Å². The van der Waals surface area contributed by atoms with Gasteiger partial charge >= 0.3 is 6.18 Å². The van der Waals surface area contributed by atoms with Crippen LogP contribution in [0.25, 0.3) is 5.78 Å². The Hall–Kier alpha value is -2.82. The molecule has 0 atom stereocenters. The van der Waals surface area contributed by atoms with Gasteiger partial charge in [-0.25, -0.2) is 9.50 Å². The van der Waals surface area contributed by atoms with Crippen molar-refractivity contribution in [2.75, 3.05) is 18.2 Å². The van der Waals surface area contributed by atoms with E-state index in [1.807, 2.05) is 13.2 Å². The molecule has 31 heavy (non-hydrogen) atoms. The monoisotopic (exact) mass is 453 g/mol. The zero-order chi connectivity index (χ0) is 22.8. The molecular weight excluding hydrogens is 431 g/mol. The minimum absolute atomic E-state index is 0.0250. The van der Waals surface area contributed by atoms with Gasteiger partial charge < -0.3 is 10.1 Å². The van der Waals surface area contributed by atoms with Crippen molar-refractivity contribution in [3.05, 3.63) is 40.7 Å². The van der Waals surface area contributed by atoms with Crippen LogP contribution in [0.4, 0.5) is 18.9 Å². The maximum Gasteiger partial charge on any atom is 0.416 e. The maximum absolute atomic E-state index is 13.1. The number of alkyl halides is 3. The molecule has 2 aromatic heterocycles. The lowest BCUT2D eigenvalue weighted by molar-refractivity contribution is -0.137. The van der Waals surface area contributed by atoms with Crippen molar-refractivity contribution in [3.8, 4) is 5.75 Å². The Kier molecular flexibility index (Phi) is 6.73. The van der Waals surface area contributed by atoms with Crippen LogP contribution in [0.2, 0.25) is 0 Å². The molecule has 0 saturated heterocycles. The highest BCUT2D eigenvalue weighted by atomic mass is 32.2. The summed E-state index contributed by atoms with van der Waals surface area (Å²) >= 11 is 1.37. The van der Waals surface area contributed by atoms with Gasteiger partial charge in [-0.05, 0) is 44.7 Å². The van der Waals surface area contributed by atoms with Gasteiger partial charge in [0.1, 0.15) is 5.75 Å². The molecule has 0 unspecified atom stereocenters. The molecule has 7 nitrogen and oxygen atoms in total. The number of benzene rings is 1. The number of halogens is 3.